The van der Waals surface area contributed by atoms with Gasteiger partial charge in [0.1, 0.15) is 6.29 Å². The number of carbonyl (C=O) groups excluding carboxylic acids is 1. The first-order valence-corrected chi connectivity index (χ1v) is 9.03. The number of fused-ring (bicyclic) bond motifs is 3. The third kappa shape index (κ3) is 1.67. The molecule has 6 atom stereocenters. The minimum Gasteiger partial charge on any atom is -0.303 e. The Labute approximate surface area is 129 Å². The molecule has 0 saturated heterocycles. The monoisotopic (exact) mass is 286 g/mol. The zero-order valence-corrected chi connectivity index (χ0v) is 14.0. The lowest BCUT2D eigenvalue weighted by atomic mass is 9.40. The zero-order chi connectivity index (χ0) is 14.9. The first-order valence-electron chi connectivity index (χ1n) is 9.03. The second-order valence-corrected chi connectivity index (χ2v) is 9.56. The zero-order valence-electron chi connectivity index (χ0n) is 14.0. The predicted molar refractivity (Wildman–Crippen MR) is 85.9 cm³/mol. The summed E-state index contributed by atoms with van der Waals surface area (Å²) >= 11 is 0. The lowest BCUT2D eigenvalue weighted by Crippen LogP contribution is -2.57. The molecule has 0 heterocycles. The molecule has 4 aliphatic rings. The van der Waals surface area contributed by atoms with Crippen molar-refractivity contribution in [1.82, 2.24) is 0 Å². The van der Waals surface area contributed by atoms with Gasteiger partial charge in [0.2, 0.25) is 0 Å². The van der Waals surface area contributed by atoms with Gasteiger partial charge >= 0.3 is 0 Å². The quantitative estimate of drug-likeness (QED) is 0.481. The van der Waals surface area contributed by atoms with Crippen LogP contribution in [0.25, 0.3) is 0 Å². The van der Waals surface area contributed by atoms with Gasteiger partial charge in [-0.05, 0) is 73.0 Å². The van der Waals surface area contributed by atoms with E-state index in [0.717, 1.165) is 12.3 Å². The van der Waals surface area contributed by atoms with Gasteiger partial charge in [0.05, 0.1) is 0 Å². The Morgan fingerprint density at radius 3 is 2.48 bits per heavy atom. The van der Waals surface area contributed by atoms with Crippen LogP contribution in [0.1, 0.15) is 72.1 Å². The molecule has 0 aromatic heterocycles. The normalized spacial score (nSPS) is 58.4. The Morgan fingerprint density at radius 2 is 1.71 bits per heavy atom. The van der Waals surface area contributed by atoms with E-state index in [0.29, 0.717) is 22.2 Å². The molecule has 0 aliphatic heterocycles. The average molecular weight is 286 g/mol. The van der Waals surface area contributed by atoms with E-state index < -0.39 is 0 Å². The van der Waals surface area contributed by atoms with E-state index in [9.17, 15) is 4.79 Å². The van der Waals surface area contributed by atoms with Crippen molar-refractivity contribution >= 4 is 6.29 Å². The summed E-state index contributed by atoms with van der Waals surface area (Å²) in [5.74, 6) is 1.43. The highest BCUT2D eigenvalue weighted by Gasteiger charge is 2.63. The lowest BCUT2D eigenvalue weighted by molar-refractivity contribution is -0.154. The highest BCUT2D eigenvalue weighted by atomic mass is 16.1. The van der Waals surface area contributed by atoms with Crippen molar-refractivity contribution in [2.75, 3.05) is 0 Å². The number of allylic oxidation sites excluding steroid dienone is 2. The highest BCUT2D eigenvalue weighted by molar-refractivity contribution is 5.60. The Morgan fingerprint density at radius 1 is 0.952 bits per heavy atom. The summed E-state index contributed by atoms with van der Waals surface area (Å²) in [4.78, 5) is 11.8. The fourth-order valence-electron chi connectivity index (χ4n) is 7.32. The summed E-state index contributed by atoms with van der Waals surface area (Å²) in [6.45, 7) is 7.25. The fourth-order valence-corrected chi connectivity index (χ4v) is 7.32. The molecule has 1 spiro atoms. The van der Waals surface area contributed by atoms with E-state index in [1.807, 2.05) is 0 Å². The van der Waals surface area contributed by atoms with Crippen molar-refractivity contribution < 1.29 is 4.79 Å². The van der Waals surface area contributed by atoms with Gasteiger partial charge in [0.15, 0.2) is 0 Å². The number of hydrogen-bond donors (Lipinski definition) is 0. The van der Waals surface area contributed by atoms with Crippen LogP contribution in [-0.4, -0.2) is 6.29 Å². The van der Waals surface area contributed by atoms with Crippen molar-refractivity contribution in [1.29, 1.82) is 0 Å². The molecule has 0 aromatic rings. The first-order chi connectivity index (χ1) is 9.86. The van der Waals surface area contributed by atoms with Crippen molar-refractivity contribution in [2.45, 2.75) is 72.1 Å². The summed E-state index contributed by atoms with van der Waals surface area (Å²) in [5, 5.41) is 0. The van der Waals surface area contributed by atoms with Crippen LogP contribution in [0.5, 0.6) is 0 Å². The number of hydrogen-bond acceptors (Lipinski definition) is 1. The molecule has 2 bridgehead atoms. The van der Waals surface area contributed by atoms with Gasteiger partial charge in [0, 0.05) is 5.41 Å². The summed E-state index contributed by atoms with van der Waals surface area (Å²) in [6.07, 6.45) is 16.9. The van der Waals surface area contributed by atoms with Crippen LogP contribution in [0.2, 0.25) is 0 Å². The first kappa shape index (κ1) is 14.0. The molecule has 0 amide bonds. The number of carbonyl (C=O) groups is 1. The SMILES string of the molecule is C[C@]12C=C[C@@]3(CC[C@H]4[C@@](C)(CCC[C@@]4(C)C=O)[C@H]3CC1)C2. The average Bonchev–Trinajstić information content (AvgIpc) is 2.69. The van der Waals surface area contributed by atoms with Gasteiger partial charge in [-0.25, -0.2) is 0 Å². The van der Waals surface area contributed by atoms with Crippen LogP contribution in [0.4, 0.5) is 0 Å². The van der Waals surface area contributed by atoms with Gasteiger partial charge < -0.3 is 4.79 Å². The molecular weight excluding hydrogens is 256 g/mol. The number of aldehydes is 1. The predicted octanol–water partition coefficient (Wildman–Crippen LogP) is 5.15. The maximum absolute atomic E-state index is 11.8. The molecule has 1 heteroatoms. The van der Waals surface area contributed by atoms with Crippen molar-refractivity contribution in [3.63, 3.8) is 0 Å². The Kier molecular flexibility index (Phi) is 2.69. The van der Waals surface area contributed by atoms with Crippen molar-refractivity contribution in [3.8, 4) is 0 Å². The van der Waals surface area contributed by atoms with Crippen LogP contribution in [0.15, 0.2) is 12.2 Å². The van der Waals surface area contributed by atoms with Gasteiger partial charge in [-0.2, -0.15) is 0 Å². The summed E-state index contributed by atoms with van der Waals surface area (Å²) in [5.41, 5.74) is 1.28. The number of rotatable bonds is 1. The third-order valence-corrected chi connectivity index (χ3v) is 8.24. The molecule has 1 nitrogen and oxygen atoms in total. The molecule has 4 aliphatic carbocycles. The van der Waals surface area contributed by atoms with Crippen LogP contribution in [0, 0.1) is 33.5 Å². The Bertz CT molecular complexity index is 508. The van der Waals surface area contributed by atoms with Crippen LogP contribution in [0.3, 0.4) is 0 Å². The van der Waals surface area contributed by atoms with E-state index in [1.54, 1.807) is 0 Å². The van der Waals surface area contributed by atoms with E-state index in [1.165, 1.54) is 51.2 Å². The Balaban J connectivity index is 1.75. The summed E-state index contributed by atoms with van der Waals surface area (Å²) in [6, 6.07) is 0. The molecular formula is C20H30O. The van der Waals surface area contributed by atoms with E-state index in [-0.39, 0.29) is 5.41 Å². The standard InChI is InChI=1S/C20H30O/c1-17-9-5-16-19(3)8-4-7-18(2,14-21)15(19)6-10-20(16,13-17)12-11-17/h11-12,14-16H,4-10,13H2,1-3H3/t15-,16-,17-,18+,19-,20+/m1/s1. The molecule has 0 radical (unpaired) electrons. The fraction of sp³-hybridized carbons (Fsp3) is 0.850. The molecule has 4 rings (SSSR count). The summed E-state index contributed by atoms with van der Waals surface area (Å²) < 4.78 is 0. The molecule has 3 fully saturated rings. The van der Waals surface area contributed by atoms with Crippen LogP contribution in [-0.2, 0) is 4.79 Å². The van der Waals surface area contributed by atoms with Crippen molar-refractivity contribution in [2.24, 2.45) is 33.5 Å². The highest BCUT2D eigenvalue weighted by Crippen LogP contribution is 2.71. The molecule has 21 heavy (non-hydrogen) atoms. The van der Waals surface area contributed by atoms with Crippen LogP contribution >= 0.6 is 0 Å². The molecule has 3 saturated carbocycles. The smallest absolute Gasteiger partial charge is 0.126 e. The van der Waals surface area contributed by atoms with E-state index in [4.69, 9.17) is 0 Å². The van der Waals surface area contributed by atoms with Gasteiger partial charge in [0.25, 0.3) is 0 Å². The van der Waals surface area contributed by atoms with Gasteiger partial charge in [-0.3, -0.25) is 0 Å². The Hall–Kier alpha value is -0.590. The van der Waals surface area contributed by atoms with E-state index >= 15 is 0 Å². The molecule has 116 valence electrons. The minimum absolute atomic E-state index is 0.0579. The molecule has 0 aromatic carbocycles. The largest absolute Gasteiger partial charge is 0.303 e. The van der Waals surface area contributed by atoms with Crippen molar-refractivity contribution in [3.05, 3.63) is 12.2 Å². The maximum Gasteiger partial charge on any atom is 0.126 e. The minimum atomic E-state index is -0.0579. The summed E-state index contributed by atoms with van der Waals surface area (Å²) in [7, 11) is 0. The van der Waals surface area contributed by atoms with E-state index in [2.05, 4.69) is 32.9 Å². The third-order valence-electron chi connectivity index (χ3n) is 8.24. The maximum atomic E-state index is 11.8. The topological polar surface area (TPSA) is 17.1 Å². The lowest BCUT2D eigenvalue weighted by Gasteiger charge is -2.63. The van der Waals surface area contributed by atoms with Gasteiger partial charge in [-0.15, -0.1) is 0 Å². The second-order valence-electron chi connectivity index (χ2n) is 9.56. The second kappa shape index (κ2) is 4.03. The van der Waals surface area contributed by atoms with Gasteiger partial charge in [-0.1, -0.05) is 39.3 Å². The molecule has 0 N–H and O–H groups in total. The van der Waals surface area contributed by atoms with Crippen LogP contribution < -0.4 is 0 Å². The molecule has 0 unspecified atom stereocenters.